The molecule has 148 valence electrons. The van der Waals surface area contributed by atoms with Crippen molar-refractivity contribution in [3.8, 4) is 17.4 Å². The van der Waals surface area contributed by atoms with Crippen LogP contribution in [0, 0.1) is 11.7 Å². The number of anilines is 1. The topological polar surface area (TPSA) is 116 Å². The van der Waals surface area contributed by atoms with Crippen LogP contribution < -0.4 is 10.1 Å². The zero-order chi connectivity index (χ0) is 20.8. The zero-order valence-electron chi connectivity index (χ0n) is 15.0. The van der Waals surface area contributed by atoms with Gasteiger partial charge < -0.3 is 14.5 Å². The first-order chi connectivity index (χ1) is 13.7. The highest BCUT2D eigenvalue weighted by molar-refractivity contribution is 7.96. The van der Waals surface area contributed by atoms with Gasteiger partial charge in [0.15, 0.2) is 21.2 Å². The number of nitrogens with one attached hydrogen (secondary N) is 1. The van der Waals surface area contributed by atoms with E-state index in [-0.39, 0.29) is 27.3 Å². The number of rotatable bonds is 4. The maximum atomic E-state index is 12.0. The lowest BCUT2D eigenvalue weighted by Crippen LogP contribution is -2.03. The van der Waals surface area contributed by atoms with Crippen LogP contribution in [0.25, 0.3) is 17.2 Å². The maximum absolute atomic E-state index is 12.0. The van der Waals surface area contributed by atoms with E-state index >= 15 is 0 Å². The number of hydrogen-bond donors (Lipinski definition) is 1. The van der Waals surface area contributed by atoms with E-state index in [1.165, 1.54) is 36.4 Å². The summed E-state index contributed by atoms with van der Waals surface area (Å²) in [6.07, 6.45) is 6.51. The van der Waals surface area contributed by atoms with Crippen LogP contribution in [0.2, 0.25) is 0 Å². The van der Waals surface area contributed by atoms with E-state index in [0.717, 1.165) is 0 Å². The summed E-state index contributed by atoms with van der Waals surface area (Å²) in [6, 6.07) is 8.68. The number of terminal acetylenes is 1. The molecular formula is C19H14N2O6S2. The number of nitrogens with zero attached hydrogens (tertiary/aromatic N) is 1. The lowest BCUT2D eigenvalue weighted by Gasteiger charge is -2.02. The van der Waals surface area contributed by atoms with Gasteiger partial charge in [0.25, 0.3) is 0 Å². The lowest BCUT2D eigenvalue weighted by atomic mass is 10.3. The molecule has 0 unspecified atom stereocenters. The highest BCUT2D eigenvalue weighted by Crippen LogP contribution is 2.36. The molecule has 1 aliphatic heterocycles. The molecular weight excluding hydrogens is 416 g/mol. The van der Waals surface area contributed by atoms with E-state index in [1.54, 1.807) is 18.2 Å². The van der Waals surface area contributed by atoms with Gasteiger partial charge in [0, 0.05) is 5.25 Å². The molecule has 0 radical (unpaired) electrons. The maximum Gasteiger partial charge on any atom is 0.245 e. The van der Waals surface area contributed by atoms with Crippen LogP contribution in [0.4, 0.5) is 5.69 Å². The van der Waals surface area contributed by atoms with E-state index in [9.17, 15) is 16.8 Å². The fraction of sp³-hybridized carbons (Fsp3) is 0.105. The second-order valence-corrected chi connectivity index (χ2v) is 10.1. The number of oxazole rings is 1. The van der Waals surface area contributed by atoms with Crippen LogP contribution in [0.3, 0.4) is 0 Å². The molecule has 0 bridgehead atoms. The molecule has 1 aromatic heterocycles. The van der Waals surface area contributed by atoms with Crippen LogP contribution in [0.15, 0.2) is 56.5 Å². The summed E-state index contributed by atoms with van der Waals surface area (Å²) >= 11 is 0. The van der Waals surface area contributed by atoms with Gasteiger partial charge in [0.05, 0.1) is 27.3 Å². The van der Waals surface area contributed by atoms with E-state index in [4.69, 9.17) is 15.6 Å². The minimum atomic E-state index is -3.81. The van der Waals surface area contributed by atoms with Crippen LogP contribution >= 0.6 is 0 Å². The predicted molar refractivity (Wildman–Crippen MR) is 106 cm³/mol. The van der Waals surface area contributed by atoms with Gasteiger partial charge in [-0.15, -0.1) is 6.42 Å². The molecule has 0 fully saturated rings. The largest absolute Gasteiger partial charge is 0.439 e. The van der Waals surface area contributed by atoms with Crippen molar-refractivity contribution in [2.24, 2.45) is 0 Å². The first kappa shape index (κ1) is 19.0. The van der Waals surface area contributed by atoms with Gasteiger partial charge in [-0.25, -0.2) is 21.8 Å². The summed E-state index contributed by atoms with van der Waals surface area (Å²) in [6.45, 7) is 1.57. The van der Waals surface area contributed by atoms with Crippen LogP contribution in [0.1, 0.15) is 12.8 Å². The molecule has 4 rings (SSSR count). The van der Waals surface area contributed by atoms with Gasteiger partial charge >= 0.3 is 0 Å². The third-order valence-corrected chi connectivity index (χ3v) is 7.18. The van der Waals surface area contributed by atoms with Gasteiger partial charge in [0.2, 0.25) is 21.6 Å². The summed E-state index contributed by atoms with van der Waals surface area (Å²) in [5.74, 6) is 0.918. The Balaban J connectivity index is 1.65. The van der Waals surface area contributed by atoms with E-state index in [0.29, 0.717) is 22.5 Å². The fourth-order valence-electron chi connectivity index (χ4n) is 2.73. The minimum Gasteiger partial charge on any atom is -0.439 e. The summed E-state index contributed by atoms with van der Waals surface area (Å²) < 4.78 is 58.9. The molecule has 1 N–H and O–H groups in total. The monoisotopic (exact) mass is 430 g/mol. The predicted octanol–water partition coefficient (Wildman–Crippen LogP) is 2.79. The quantitative estimate of drug-likeness (QED) is 0.496. The van der Waals surface area contributed by atoms with Crippen LogP contribution in [-0.4, -0.2) is 27.6 Å². The molecule has 0 saturated carbocycles. The van der Waals surface area contributed by atoms with Crippen molar-refractivity contribution in [3.05, 3.63) is 48.2 Å². The fourth-order valence-corrected chi connectivity index (χ4v) is 4.29. The van der Waals surface area contributed by atoms with Gasteiger partial charge in [-0.1, -0.05) is 6.92 Å². The van der Waals surface area contributed by atoms with E-state index in [1.807, 2.05) is 0 Å². The molecule has 1 aliphatic rings. The third kappa shape index (κ3) is 3.46. The smallest absolute Gasteiger partial charge is 0.245 e. The molecule has 0 amide bonds. The second-order valence-electron chi connectivity index (χ2n) is 6.10. The second kappa shape index (κ2) is 6.65. The normalized spacial score (nSPS) is 15.0. The number of hydrogen-bond acceptors (Lipinski definition) is 8. The summed E-state index contributed by atoms with van der Waals surface area (Å²) in [7, 11) is -7.15. The number of aromatic nitrogens is 1. The summed E-state index contributed by atoms with van der Waals surface area (Å²) in [5.41, 5.74) is 1.20. The van der Waals surface area contributed by atoms with Crippen molar-refractivity contribution in [2.45, 2.75) is 16.7 Å². The SMILES string of the molecule is C#CS(=O)(=O)c1ccc2oc(C=C3Nc4cc(S(=O)(=O)CC)ccc4O3)nc2c1. The Labute approximate surface area is 167 Å². The van der Waals surface area contributed by atoms with Crippen LogP contribution in [-0.2, 0) is 19.7 Å². The number of fused-ring (bicyclic) bond motifs is 2. The van der Waals surface area contributed by atoms with Crippen molar-refractivity contribution in [2.75, 3.05) is 11.1 Å². The molecule has 10 heteroatoms. The number of benzene rings is 2. The Morgan fingerprint density at radius 2 is 1.90 bits per heavy atom. The number of sulfone groups is 2. The average Bonchev–Trinajstić information content (AvgIpc) is 3.29. The van der Waals surface area contributed by atoms with Crippen molar-refractivity contribution in [1.29, 1.82) is 0 Å². The first-order valence-corrected chi connectivity index (χ1v) is 11.5. The minimum absolute atomic E-state index is 0.00434. The molecule has 8 nitrogen and oxygen atoms in total. The molecule has 0 spiro atoms. The first-order valence-electron chi connectivity index (χ1n) is 8.38. The Kier molecular flexibility index (Phi) is 4.37. The van der Waals surface area contributed by atoms with Gasteiger partial charge in [-0.3, -0.25) is 0 Å². The molecule has 2 aromatic carbocycles. The van der Waals surface area contributed by atoms with Gasteiger partial charge in [0.1, 0.15) is 5.52 Å². The van der Waals surface area contributed by atoms with Crippen molar-refractivity contribution in [3.63, 3.8) is 0 Å². The van der Waals surface area contributed by atoms with E-state index < -0.39 is 19.7 Å². The molecule has 29 heavy (non-hydrogen) atoms. The lowest BCUT2D eigenvalue weighted by molar-refractivity contribution is 0.459. The molecule has 0 aliphatic carbocycles. The summed E-state index contributed by atoms with van der Waals surface area (Å²) in [4.78, 5) is 4.37. The molecule has 2 heterocycles. The summed E-state index contributed by atoms with van der Waals surface area (Å²) in [5, 5.41) is 4.71. The highest BCUT2D eigenvalue weighted by atomic mass is 32.2. The third-order valence-electron chi connectivity index (χ3n) is 4.26. The number of ether oxygens (including phenoxy) is 1. The molecule has 0 saturated heterocycles. The molecule has 3 aromatic rings. The standard InChI is InChI=1S/C19H14N2O6S2/c1-3-28(22,23)12-5-7-16-14(9-12)20-18(26-16)11-19-21-15-10-13(29(24,25)4-2)6-8-17(15)27-19/h1,5-11,21H,4H2,2H3. The zero-order valence-corrected chi connectivity index (χ0v) is 16.7. The Bertz CT molecular complexity index is 1430. The van der Waals surface area contributed by atoms with Crippen LogP contribution in [0.5, 0.6) is 5.75 Å². The Hall–Kier alpha value is -3.29. The van der Waals surface area contributed by atoms with Gasteiger partial charge in [-0.05, 0) is 36.4 Å². The Morgan fingerprint density at radius 1 is 1.14 bits per heavy atom. The Morgan fingerprint density at radius 3 is 2.62 bits per heavy atom. The van der Waals surface area contributed by atoms with Crippen molar-refractivity contribution < 1.29 is 26.0 Å². The van der Waals surface area contributed by atoms with Gasteiger partial charge in [-0.2, -0.15) is 0 Å². The molecule has 0 atom stereocenters. The van der Waals surface area contributed by atoms with Crippen molar-refractivity contribution in [1.82, 2.24) is 4.98 Å². The van der Waals surface area contributed by atoms with Crippen molar-refractivity contribution >= 4 is 42.5 Å². The van der Waals surface area contributed by atoms with E-state index in [2.05, 4.69) is 10.3 Å². The average molecular weight is 430 g/mol. The highest BCUT2D eigenvalue weighted by Gasteiger charge is 2.21.